The first-order valence-corrected chi connectivity index (χ1v) is 9.42. The van der Waals surface area contributed by atoms with E-state index in [-0.39, 0.29) is 5.71 Å². The van der Waals surface area contributed by atoms with Gasteiger partial charge >= 0.3 is 11.2 Å². The number of nitrogens with zero attached hydrogens (tertiary/aromatic N) is 2. The molecule has 3 aromatic rings. The van der Waals surface area contributed by atoms with Crippen molar-refractivity contribution in [2.45, 2.75) is 0 Å². The monoisotopic (exact) mass is 346 g/mol. The Morgan fingerprint density at radius 2 is 1.12 bits per heavy atom. The van der Waals surface area contributed by atoms with Crippen molar-refractivity contribution in [3.8, 4) is 0 Å². The van der Waals surface area contributed by atoms with Crippen LogP contribution in [0.15, 0.2) is 91.0 Å². The predicted molar refractivity (Wildman–Crippen MR) is 98.9 cm³/mol. The molecule has 0 N–H and O–H groups in total. The van der Waals surface area contributed by atoms with Gasteiger partial charge in [0.1, 0.15) is 0 Å². The van der Waals surface area contributed by atoms with Crippen LogP contribution in [0.3, 0.4) is 0 Å². The zero-order valence-electron chi connectivity index (χ0n) is 13.3. The largest absolute Gasteiger partial charge is 0.373 e. The number of hydrogen-bond acceptors (Lipinski definition) is 2. The summed E-state index contributed by atoms with van der Waals surface area (Å²) in [6.45, 7) is 0. The highest BCUT2D eigenvalue weighted by Gasteiger charge is 2.43. The molecule has 0 unspecified atom stereocenters. The second kappa shape index (κ2) is 7.23. The lowest BCUT2D eigenvalue weighted by atomic mass is 10.1. The molecule has 0 aliphatic heterocycles. The lowest BCUT2D eigenvalue weighted by Gasteiger charge is -2.16. The quantitative estimate of drug-likeness (QED) is 0.308. The van der Waals surface area contributed by atoms with Crippen molar-refractivity contribution in [1.82, 2.24) is 0 Å². The van der Waals surface area contributed by atoms with Gasteiger partial charge in [0, 0.05) is 10.6 Å². The molecule has 0 spiro atoms. The smallest absolute Gasteiger partial charge is 0.361 e. The molecule has 0 fully saturated rings. The van der Waals surface area contributed by atoms with Crippen LogP contribution in [0, 0.1) is 0 Å². The number of carbonyl (C=O) groups is 1. The van der Waals surface area contributed by atoms with Gasteiger partial charge in [0.2, 0.25) is 7.14 Å². The SMILES string of the molecule is [N-]=[N+]=C(C(=O)P(=O)(c1ccccc1)c1ccccc1)c1ccccc1. The molecule has 0 aromatic heterocycles. The molecule has 0 heterocycles. The van der Waals surface area contributed by atoms with Crippen LogP contribution >= 0.6 is 7.14 Å². The van der Waals surface area contributed by atoms with Crippen LogP contribution in [-0.4, -0.2) is 16.0 Å². The van der Waals surface area contributed by atoms with E-state index in [9.17, 15) is 14.9 Å². The highest BCUT2D eigenvalue weighted by Crippen LogP contribution is 2.45. The van der Waals surface area contributed by atoms with Crippen molar-refractivity contribution in [1.29, 1.82) is 0 Å². The molecular weight excluding hydrogens is 331 g/mol. The van der Waals surface area contributed by atoms with Gasteiger partial charge in [-0.15, -0.1) is 0 Å². The molecule has 5 heteroatoms. The number of benzene rings is 3. The van der Waals surface area contributed by atoms with E-state index in [1.807, 2.05) is 0 Å². The van der Waals surface area contributed by atoms with Gasteiger partial charge in [-0.2, -0.15) is 4.79 Å². The van der Waals surface area contributed by atoms with Crippen molar-refractivity contribution >= 4 is 29.0 Å². The Bertz CT molecular complexity index is 936. The van der Waals surface area contributed by atoms with E-state index in [0.717, 1.165) is 0 Å². The van der Waals surface area contributed by atoms with Crippen LogP contribution in [-0.2, 0) is 9.36 Å². The fraction of sp³-hybridized carbons (Fsp3) is 0. The average molecular weight is 346 g/mol. The number of rotatable bonds is 5. The molecule has 4 nitrogen and oxygen atoms in total. The Hall–Kier alpha value is -3.06. The second-order valence-electron chi connectivity index (χ2n) is 5.40. The summed E-state index contributed by atoms with van der Waals surface area (Å²) >= 11 is 0. The molecule has 3 aromatic carbocycles. The second-order valence-corrected chi connectivity index (χ2v) is 8.06. The molecule has 0 atom stereocenters. The standard InChI is InChI=1S/C20H15N2O2P/c21-22-19(16-10-4-1-5-11-16)20(23)25(24,17-12-6-2-7-13-17)18-14-8-3-9-15-18/h1-15H. The minimum atomic E-state index is -3.68. The average Bonchev–Trinajstić information content (AvgIpc) is 2.70. The highest BCUT2D eigenvalue weighted by molar-refractivity contribution is 7.95. The van der Waals surface area contributed by atoms with E-state index in [0.29, 0.717) is 16.2 Å². The maximum absolute atomic E-state index is 13.9. The molecule has 0 amide bonds. The Morgan fingerprint density at radius 1 is 0.720 bits per heavy atom. The van der Waals surface area contributed by atoms with Crippen LogP contribution in [0.25, 0.3) is 5.53 Å². The van der Waals surface area contributed by atoms with Gasteiger partial charge in [-0.25, -0.2) is 0 Å². The summed E-state index contributed by atoms with van der Waals surface area (Å²) in [6.07, 6.45) is 0. The van der Waals surface area contributed by atoms with Gasteiger partial charge in [-0.3, -0.25) is 4.79 Å². The van der Waals surface area contributed by atoms with Crippen molar-refractivity contribution in [2.24, 2.45) is 0 Å². The lowest BCUT2D eigenvalue weighted by Crippen LogP contribution is -2.28. The maximum atomic E-state index is 13.9. The van der Waals surface area contributed by atoms with Gasteiger partial charge < -0.3 is 10.1 Å². The first kappa shape index (κ1) is 16.8. The summed E-state index contributed by atoms with van der Waals surface area (Å²) in [5.41, 5.74) is 8.96. The molecule has 0 aliphatic rings. The Morgan fingerprint density at radius 3 is 1.52 bits per heavy atom. The van der Waals surface area contributed by atoms with E-state index in [1.165, 1.54) is 0 Å². The Labute approximate surface area is 145 Å². The van der Waals surface area contributed by atoms with Gasteiger partial charge in [0.15, 0.2) is 0 Å². The molecule has 0 bridgehead atoms. The molecular formula is C20H15N2O2P. The fourth-order valence-electron chi connectivity index (χ4n) is 2.63. The van der Waals surface area contributed by atoms with E-state index in [4.69, 9.17) is 0 Å². The molecule has 25 heavy (non-hydrogen) atoms. The van der Waals surface area contributed by atoms with E-state index in [2.05, 4.69) is 4.79 Å². The topological polar surface area (TPSA) is 70.5 Å². The summed E-state index contributed by atoms with van der Waals surface area (Å²) in [6, 6.07) is 25.7. The van der Waals surface area contributed by atoms with Gasteiger partial charge in [0.05, 0.1) is 5.56 Å². The molecule has 122 valence electrons. The molecule has 0 radical (unpaired) electrons. The third kappa shape index (κ3) is 3.14. The molecule has 0 saturated carbocycles. The van der Waals surface area contributed by atoms with Crippen molar-refractivity contribution in [2.75, 3.05) is 0 Å². The Balaban J connectivity index is 2.21. The van der Waals surface area contributed by atoms with E-state index >= 15 is 0 Å². The molecule has 3 rings (SSSR count). The fourth-order valence-corrected chi connectivity index (χ4v) is 5.05. The van der Waals surface area contributed by atoms with Crippen LogP contribution in [0.5, 0.6) is 0 Å². The summed E-state index contributed by atoms with van der Waals surface area (Å²) < 4.78 is 13.9. The first-order valence-electron chi connectivity index (χ1n) is 7.71. The van der Waals surface area contributed by atoms with Crippen LogP contribution < -0.4 is 10.6 Å². The third-order valence-corrected chi connectivity index (χ3v) is 6.71. The zero-order chi connectivity index (χ0) is 17.7. The number of carbonyl (C=O) groups excluding carboxylic acids is 1. The van der Waals surface area contributed by atoms with Crippen molar-refractivity contribution in [3.05, 3.63) is 102 Å². The lowest BCUT2D eigenvalue weighted by molar-refractivity contribution is -0.110. The molecule has 0 aliphatic carbocycles. The van der Waals surface area contributed by atoms with Gasteiger partial charge in [0.25, 0.3) is 0 Å². The van der Waals surface area contributed by atoms with Crippen LogP contribution in [0.2, 0.25) is 0 Å². The van der Waals surface area contributed by atoms with Crippen molar-refractivity contribution in [3.63, 3.8) is 0 Å². The Kier molecular flexibility index (Phi) is 4.85. The summed E-state index contributed by atoms with van der Waals surface area (Å²) in [7, 11) is -3.68. The third-order valence-electron chi connectivity index (χ3n) is 3.88. The zero-order valence-corrected chi connectivity index (χ0v) is 14.2. The normalized spacial score (nSPS) is 10.7. The highest BCUT2D eigenvalue weighted by atomic mass is 31.2. The van der Waals surface area contributed by atoms with E-state index < -0.39 is 12.7 Å². The summed E-state index contributed by atoms with van der Waals surface area (Å²) in [4.78, 5) is 16.4. The van der Waals surface area contributed by atoms with Crippen LogP contribution in [0.1, 0.15) is 5.56 Å². The number of hydrogen-bond donors (Lipinski definition) is 0. The first-order chi connectivity index (χ1) is 12.2. The summed E-state index contributed by atoms with van der Waals surface area (Å²) in [5, 5.41) is 0.812. The van der Waals surface area contributed by atoms with Crippen LogP contribution in [0.4, 0.5) is 0 Å². The predicted octanol–water partition coefficient (Wildman–Crippen LogP) is 3.25. The minimum absolute atomic E-state index is 0.211. The maximum Gasteiger partial charge on any atom is 0.373 e. The van der Waals surface area contributed by atoms with E-state index in [1.54, 1.807) is 91.0 Å². The van der Waals surface area contributed by atoms with Crippen molar-refractivity contribution < 1.29 is 14.1 Å². The summed E-state index contributed by atoms with van der Waals surface area (Å²) in [5.74, 6) is 0. The van der Waals surface area contributed by atoms with Gasteiger partial charge in [-0.05, 0) is 12.1 Å². The van der Waals surface area contributed by atoms with Gasteiger partial charge in [-0.1, -0.05) is 78.9 Å². The molecule has 0 saturated heterocycles. The minimum Gasteiger partial charge on any atom is -0.361 e.